The van der Waals surface area contributed by atoms with Gasteiger partial charge in [-0.25, -0.2) is 9.97 Å². The lowest BCUT2D eigenvalue weighted by Gasteiger charge is -2.54. The predicted molar refractivity (Wildman–Crippen MR) is 117 cm³/mol. The van der Waals surface area contributed by atoms with Crippen LogP contribution in [0.25, 0.3) is 11.2 Å². The standard InChI is InChI=1S/C24H27N5O2/c1-23(2)13-24(22(25)31)14-29(12-19(23)24)21(30)17-10-18-20(26-11-17)28(15-27-18)9-8-16-6-4-3-5-7-16/h3-7,10-11,15,19H,8-9,12-14H2,1-2H3,(H2,25,31)/t19-,24+/m1/s1. The first-order valence-corrected chi connectivity index (χ1v) is 10.7. The SMILES string of the molecule is CC1(C)C[C@]2(C(N)=O)CN(C(=O)c3cnc4c(c3)ncn4CCc3ccccc3)C[C@H]12. The number of amides is 2. The van der Waals surface area contributed by atoms with Gasteiger partial charge in [0.05, 0.1) is 17.3 Å². The first-order chi connectivity index (χ1) is 14.8. The molecule has 2 aliphatic rings. The Balaban J connectivity index is 1.34. The fraction of sp³-hybridized carbons (Fsp3) is 0.417. The highest BCUT2D eigenvalue weighted by molar-refractivity contribution is 5.97. The summed E-state index contributed by atoms with van der Waals surface area (Å²) in [4.78, 5) is 36.1. The van der Waals surface area contributed by atoms with Crippen molar-refractivity contribution in [2.75, 3.05) is 13.1 Å². The average molecular weight is 418 g/mol. The molecule has 2 N–H and O–H groups in total. The lowest BCUT2D eigenvalue weighted by molar-refractivity contribution is -0.148. The van der Waals surface area contributed by atoms with Crippen molar-refractivity contribution < 1.29 is 9.59 Å². The monoisotopic (exact) mass is 417 g/mol. The van der Waals surface area contributed by atoms with Gasteiger partial charge in [-0.3, -0.25) is 9.59 Å². The maximum absolute atomic E-state index is 13.2. The third-order valence-electron chi connectivity index (χ3n) is 7.22. The van der Waals surface area contributed by atoms with Crippen molar-refractivity contribution in [3.63, 3.8) is 0 Å². The van der Waals surface area contributed by atoms with Gasteiger partial charge in [0.2, 0.25) is 5.91 Å². The van der Waals surface area contributed by atoms with Gasteiger partial charge in [0.15, 0.2) is 5.65 Å². The van der Waals surface area contributed by atoms with Gasteiger partial charge < -0.3 is 15.2 Å². The summed E-state index contributed by atoms with van der Waals surface area (Å²) >= 11 is 0. The van der Waals surface area contributed by atoms with Crippen LogP contribution in [0.2, 0.25) is 0 Å². The van der Waals surface area contributed by atoms with E-state index >= 15 is 0 Å². The second-order valence-electron chi connectivity index (χ2n) is 9.66. The highest BCUT2D eigenvalue weighted by Gasteiger charge is 2.66. The second kappa shape index (κ2) is 6.90. The molecule has 0 unspecified atom stereocenters. The molecule has 160 valence electrons. The summed E-state index contributed by atoms with van der Waals surface area (Å²) in [7, 11) is 0. The van der Waals surface area contributed by atoms with Crippen molar-refractivity contribution in [1.29, 1.82) is 0 Å². The van der Waals surface area contributed by atoms with Crippen molar-refractivity contribution in [1.82, 2.24) is 19.4 Å². The molecule has 3 aromatic rings. The Morgan fingerprint density at radius 3 is 2.65 bits per heavy atom. The van der Waals surface area contributed by atoms with E-state index in [0.29, 0.717) is 24.2 Å². The van der Waals surface area contributed by atoms with E-state index in [1.807, 2.05) is 22.8 Å². The molecule has 7 heteroatoms. The van der Waals surface area contributed by atoms with E-state index in [0.717, 1.165) is 25.0 Å². The number of nitrogens with two attached hydrogens (primary N) is 1. The van der Waals surface area contributed by atoms with Crippen LogP contribution in [0.4, 0.5) is 0 Å². The molecule has 0 bridgehead atoms. The van der Waals surface area contributed by atoms with E-state index in [2.05, 4.69) is 35.9 Å². The van der Waals surface area contributed by atoms with Crippen LogP contribution in [-0.2, 0) is 17.8 Å². The fourth-order valence-electron chi connectivity index (χ4n) is 5.69. The minimum atomic E-state index is -0.588. The Labute approximate surface area is 181 Å². The van der Waals surface area contributed by atoms with Gasteiger partial charge in [0.1, 0.15) is 5.52 Å². The minimum absolute atomic E-state index is 0.0177. The number of hydrogen-bond acceptors (Lipinski definition) is 4. The van der Waals surface area contributed by atoms with Crippen molar-refractivity contribution >= 4 is 23.0 Å². The number of pyridine rings is 1. The summed E-state index contributed by atoms with van der Waals surface area (Å²) in [6.45, 7) is 5.99. The molecule has 2 aromatic heterocycles. The zero-order valence-electron chi connectivity index (χ0n) is 17.9. The number of carbonyl (C=O) groups is 2. The van der Waals surface area contributed by atoms with Gasteiger partial charge in [-0.2, -0.15) is 0 Å². The van der Waals surface area contributed by atoms with Crippen molar-refractivity contribution in [3.05, 3.63) is 60.0 Å². The number of primary amides is 1. The number of rotatable bonds is 5. The molecule has 7 nitrogen and oxygen atoms in total. The maximum Gasteiger partial charge on any atom is 0.255 e. The van der Waals surface area contributed by atoms with Crippen LogP contribution in [0.1, 0.15) is 36.2 Å². The molecule has 2 fully saturated rings. The largest absolute Gasteiger partial charge is 0.369 e. The lowest BCUT2D eigenvalue weighted by atomic mass is 9.48. The Kier molecular flexibility index (Phi) is 4.39. The van der Waals surface area contributed by atoms with E-state index in [4.69, 9.17) is 5.73 Å². The zero-order valence-corrected chi connectivity index (χ0v) is 17.9. The van der Waals surface area contributed by atoms with E-state index in [9.17, 15) is 9.59 Å². The summed E-state index contributed by atoms with van der Waals surface area (Å²) in [6.07, 6.45) is 5.00. The smallest absolute Gasteiger partial charge is 0.255 e. The van der Waals surface area contributed by atoms with Crippen LogP contribution >= 0.6 is 0 Å². The molecule has 31 heavy (non-hydrogen) atoms. The Hall–Kier alpha value is -3.22. The highest BCUT2D eigenvalue weighted by Crippen LogP contribution is 2.62. The summed E-state index contributed by atoms with van der Waals surface area (Å²) in [6, 6.07) is 12.1. The molecule has 0 spiro atoms. The molecule has 3 heterocycles. The van der Waals surface area contributed by atoms with E-state index in [1.165, 1.54) is 5.56 Å². The molecule has 2 atom stereocenters. The number of likely N-dealkylation sites (tertiary alicyclic amines) is 1. The molecular weight excluding hydrogens is 390 g/mol. The number of nitrogens with zero attached hydrogens (tertiary/aromatic N) is 4. The summed E-state index contributed by atoms with van der Waals surface area (Å²) in [5, 5.41) is 0. The van der Waals surface area contributed by atoms with Gasteiger partial charge in [-0.1, -0.05) is 44.2 Å². The zero-order chi connectivity index (χ0) is 21.8. The van der Waals surface area contributed by atoms with Crippen molar-refractivity contribution in [2.24, 2.45) is 22.5 Å². The number of benzene rings is 1. The van der Waals surface area contributed by atoms with Crippen LogP contribution in [0.5, 0.6) is 0 Å². The third kappa shape index (κ3) is 3.10. The summed E-state index contributed by atoms with van der Waals surface area (Å²) in [5.74, 6) is -0.299. The van der Waals surface area contributed by atoms with E-state index in [-0.39, 0.29) is 23.1 Å². The number of fused-ring (bicyclic) bond motifs is 2. The lowest BCUT2D eigenvalue weighted by Crippen LogP contribution is -2.59. The number of aryl methyl sites for hydroxylation is 2. The fourth-order valence-corrected chi connectivity index (χ4v) is 5.69. The summed E-state index contributed by atoms with van der Waals surface area (Å²) in [5.41, 5.74) is 8.39. The number of imidazole rings is 1. The normalized spacial score (nSPS) is 24.1. The molecule has 1 aromatic carbocycles. The van der Waals surface area contributed by atoms with Crippen LogP contribution in [0, 0.1) is 16.7 Å². The number of aromatic nitrogens is 3. The van der Waals surface area contributed by atoms with Gasteiger partial charge in [-0.05, 0) is 35.8 Å². The predicted octanol–water partition coefficient (Wildman–Crippen LogP) is 2.65. The van der Waals surface area contributed by atoms with Crippen LogP contribution in [0.3, 0.4) is 0 Å². The molecule has 1 aliphatic heterocycles. The van der Waals surface area contributed by atoms with Gasteiger partial charge in [0.25, 0.3) is 5.91 Å². The second-order valence-corrected chi connectivity index (χ2v) is 9.66. The Morgan fingerprint density at radius 1 is 1.19 bits per heavy atom. The van der Waals surface area contributed by atoms with Crippen molar-refractivity contribution in [2.45, 2.75) is 33.2 Å². The maximum atomic E-state index is 13.2. The highest BCUT2D eigenvalue weighted by atomic mass is 16.2. The number of carbonyl (C=O) groups excluding carboxylic acids is 2. The van der Waals surface area contributed by atoms with Crippen LogP contribution < -0.4 is 5.73 Å². The Morgan fingerprint density at radius 2 is 1.97 bits per heavy atom. The number of hydrogen-bond donors (Lipinski definition) is 1. The first kappa shape index (κ1) is 19.7. The van der Waals surface area contributed by atoms with Gasteiger partial charge in [-0.15, -0.1) is 0 Å². The van der Waals surface area contributed by atoms with Gasteiger partial charge in [0, 0.05) is 25.8 Å². The molecule has 2 amide bonds. The molecule has 5 rings (SSSR count). The molecular formula is C24H27N5O2. The summed E-state index contributed by atoms with van der Waals surface area (Å²) < 4.78 is 2.01. The van der Waals surface area contributed by atoms with E-state index in [1.54, 1.807) is 23.5 Å². The van der Waals surface area contributed by atoms with Crippen LogP contribution in [0.15, 0.2) is 48.9 Å². The average Bonchev–Trinajstić information content (AvgIpc) is 3.32. The Bertz CT molecular complexity index is 1170. The topological polar surface area (TPSA) is 94.1 Å². The van der Waals surface area contributed by atoms with Crippen LogP contribution in [-0.4, -0.2) is 44.3 Å². The minimum Gasteiger partial charge on any atom is -0.369 e. The molecule has 1 aliphatic carbocycles. The first-order valence-electron chi connectivity index (χ1n) is 10.7. The quantitative estimate of drug-likeness (QED) is 0.691. The van der Waals surface area contributed by atoms with E-state index < -0.39 is 5.41 Å². The third-order valence-corrected chi connectivity index (χ3v) is 7.22. The van der Waals surface area contributed by atoms with Crippen molar-refractivity contribution in [3.8, 4) is 0 Å². The molecule has 1 saturated carbocycles. The van der Waals surface area contributed by atoms with Gasteiger partial charge >= 0.3 is 0 Å². The molecule has 0 radical (unpaired) electrons. The molecule has 1 saturated heterocycles.